The second kappa shape index (κ2) is 2.98. The van der Waals surface area contributed by atoms with Gasteiger partial charge in [0.1, 0.15) is 0 Å². The minimum atomic E-state index is -0.00829. The summed E-state index contributed by atoms with van der Waals surface area (Å²) in [6.07, 6.45) is -0.00829. The number of nitrogens with one attached hydrogen (secondary N) is 1. The summed E-state index contributed by atoms with van der Waals surface area (Å²) in [5.41, 5.74) is 5.58. The van der Waals surface area contributed by atoms with Crippen molar-refractivity contribution in [3.63, 3.8) is 0 Å². The summed E-state index contributed by atoms with van der Waals surface area (Å²) >= 11 is 0. The van der Waals surface area contributed by atoms with Crippen LogP contribution in [0, 0.1) is 0 Å². The largest absolute Gasteiger partial charge is 0.354 e. The molecule has 1 aliphatic heterocycles. The van der Waals surface area contributed by atoms with Crippen LogP contribution in [0.2, 0.25) is 0 Å². The van der Waals surface area contributed by atoms with Crippen LogP contribution in [-0.4, -0.2) is 36.6 Å². The molecule has 0 aromatic carbocycles. The first-order valence-corrected chi connectivity index (χ1v) is 3.46. The van der Waals surface area contributed by atoms with Crippen molar-refractivity contribution in [1.29, 1.82) is 0 Å². The highest BCUT2D eigenvalue weighted by Crippen LogP contribution is 1.94. The summed E-state index contributed by atoms with van der Waals surface area (Å²) in [6, 6.07) is 0. The molecule has 0 saturated carbocycles. The molecule has 10 heavy (non-hydrogen) atoms. The Bertz CT molecular complexity index is 135. The molecular formula is C6H13N3O. The molecule has 58 valence electrons. The average molecular weight is 143 g/mol. The maximum absolute atomic E-state index is 10.8. The minimum Gasteiger partial charge on any atom is -0.354 e. The number of carbonyl (C=O) groups is 1. The second-order valence-electron chi connectivity index (χ2n) is 2.56. The molecule has 1 fully saturated rings. The van der Waals surface area contributed by atoms with Crippen LogP contribution in [0.5, 0.6) is 0 Å². The Hall–Kier alpha value is -0.610. The summed E-state index contributed by atoms with van der Waals surface area (Å²) in [6.45, 7) is 3.92. The summed E-state index contributed by atoms with van der Waals surface area (Å²) < 4.78 is 0. The molecule has 1 unspecified atom stereocenters. The molecule has 1 aliphatic rings. The monoisotopic (exact) mass is 143 g/mol. The normalized spacial score (nSPS) is 24.0. The zero-order chi connectivity index (χ0) is 7.56. The molecule has 4 nitrogen and oxygen atoms in total. The van der Waals surface area contributed by atoms with E-state index in [-0.39, 0.29) is 12.1 Å². The standard InChI is InChI=1S/C6H13N3O/c1-5(7)9-3-2-8-6(10)4-9/h5H,2-4,7H2,1H3,(H,8,10). The van der Waals surface area contributed by atoms with E-state index in [1.807, 2.05) is 11.8 Å². The molecule has 0 bridgehead atoms. The lowest BCUT2D eigenvalue weighted by Crippen LogP contribution is -2.53. The Labute approximate surface area is 60.4 Å². The van der Waals surface area contributed by atoms with Gasteiger partial charge in [-0.2, -0.15) is 0 Å². The number of hydrogen-bond acceptors (Lipinski definition) is 3. The molecule has 3 N–H and O–H groups in total. The fourth-order valence-corrected chi connectivity index (χ4v) is 1.01. The minimum absolute atomic E-state index is 0.00829. The number of nitrogens with two attached hydrogens (primary N) is 1. The molecule has 0 radical (unpaired) electrons. The van der Waals surface area contributed by atoms with Crippen LogP contribution in [0.4, 0.5) is 0 Å². The fraction of sp³-hybridized carbons (Fsp3) is 0.833. The van der Waals surface area contributed by atoms with Crippen molar-refractivity contribution in [2.45, 2.75) is 13.1 Å². The van der Waals surface area contributed by atoms with Gasteiger partial charge < -0.3 is 11.1 Å². The predicted molar refractivity (Wildman–Crippen MR) is 38.2 cm³/mol. The van der Waals surface area contributed by atoms with E-state index in [2.05, 4.69) is 5.32 Å². The SMILES string of the molecule is CC(N)N1CCNC(=O)C1. The molecule has 1 heterocycles. The van der Waals surface area contributed by atoms with E-state index in [9.17, 15) is 4.79 Å². The van der Waals surface area contributed by atoms with Crippen molar-refractivity contribution in [3.8, 4) is 0 Å². The number of nitrogens with zero attached hydrogens (tertiary/aromatic N) is 1. The van der Waals surface area contributed by atoms with Gasteiger partial charge in [0, 0.05) is 13.1 Å². The predicted octanol–water partition coefficient (Wildman–Crippen LogP) is -1.28. The van der Waals surface area contributed by atoms with Gasteiger partial charge in [0.25, 0.3) is 0 Å². The van der Waals surface area contributed by atoms with Gasteiger partial charge in [-0.1, -0.05) is 0 Å². The zero-order valence-electron chi connectivity index (χ0n) is 6.13. The summed E-state index contributed by atoms with van der Waals surface area (Å²) in [4.78, 5) is 12.7. The van der Waals surface area contributed by atoms with Crippen LogP contribution in [0.1, 0.15) is 6.92 Å². The van der Waals surface area contributed by atoms with Gasteiger partial charge in [0.15, 0.2) is 0 Å². The van der Waals surface area contributed by atoms with E-state index >= 15 is 0 Å². The van der Waals surface area contributed by atoms with Crippen LogP contribution in [0.15, 0.2) is 0 Å². The van der Waals surface area contributed by atoms with Crippen molar-refractivity contribution >= 4 is 5.91 Å². The van der Waals surface area contributed by atoms with Crippen LogP contribution in [-0.2, 0) is 4.79 Å². The quantitative estimate of drug-likeness (QED) is 0.481. The third-order valence-corrected chi connectivity index (χ3v) is 1.64. The maximum atomic E-state index is 10.8. The summed E-state index contributed by atoms with van der Waals surface area (Å²) in [5.74, 6) is 0.0727. The second-order valence-corrected chi connectivity index (χ2v) is 2.56. The Balaban J connectivity index is 2.39. The molecular weight excluding hydrogens is 130 g/mol. The van der Waals surface area contributed by atoms with Gasteiger partial charge in [0.05, 0.1) is 12.7 Å². The van der Waals surface area contributed by atoms with E-state index in [0.717, 1.165) is 13.1 Å². The number of amides is 1. The zero-order valence-corrected chi connectivity index (χ0v) is 6.13. The molecule has 4 heteroatoms. The lowest BCUT2D eigenvalue weighted by molar-refractivity contribution is -0.124. The van der Waals surface area contributed by atoms with Crippen LogP contribution in [0.25, 0.3) is 0 Å². The van der Waals surface area contributed by atoms with Crippen molar-refractivity contribution in [2.75, 3.05) is 19.6 Å². The average Bonchev–Trinajstić information content (AvgIpc) is 1.88. The molecule has 0 aromatic rings. The molecule has 1 rings (SSSR count). The van der Waals surface area contributed by atoms with E-state index in [1.54, 1.807) is 0 Å². The number of hydrogen-bond donors (Lipinski definition) is 2. The van der Waals surface area contributed by atoms with Gasteiger partial charge in [-0.15, -0.1) is 0 Å². The molecule has 1 amide bonds. The van der Waals surface area contributed by atoms with Crippen LogP contribution in [0.3, 0.4) is 0 Å². The van der Waals surface area contributed by atoms with Gasteiger partial charge in [-0.05, 0) is 6.92 Å². The topological polar surface area (TPSA) is 58.4 Å². The Morgan fingerprint density at radius 3 is 2.90 bits per heavy atom. The maximum Gasteiger partial charge on any atom is 0.234 e. The van der Waals surface area contributed by atoms with Gasteiger partial charge >= 0.3 is 0 Å². The summed E-state index contributed by atoms with van der Waals surface area (Å²) in [5, 5.41) is 2.73. The lowest BCUT2D eigenvalue weighted by Gasteiger charge is -2.29. The van der Waals surface area contributed by atoms with E-state index < -0.39 is 0 Å². The van der Waals surface area contributed by atoms with Gasteiger partial charge in [0.2, 0.25) is 5.91 Å². The first-order chi connectivity index (χ1) is 4.70. The third-order valence-electron chi connectivity index (χ3n) is 1.64. The van der Waals surface area contributed by atoms with E-state index in [0.29, 0.717) is 6.54 Å². The fourth-order valence-electron chi connectivity index (χ4n) is 1.01. The van der Waals surface area contributed by atoms with Gasteiger partial charge in [-0.3, -0.25) is 9.69 Å². The first-order valence-electron chi connectivity index (χ1n) is 3.46. The highest BCUT2D eigenvalue weighted by Gasteiger charge is 2.17. The molecule has 0 spiro atoms. The number of carbonyl (C=O) groups excluding carboxylic acids is 1. The molecule has 1 atom stereocenters. The molecule has 0 aliphatic carbocycles. The van der Waals surface area contributed by atoms with E-state index in [1.165, 1.54) is 0 Å². The number of rotatable bonds is 1. The van der Waals surface area contributed by atoms with Gasteiger partial charge in [-0.25, -0.2) is 0 Å². The van der Waals surface area contributed by atoms with Crippen LogP contribution < -0.4 is 11.1 Å². The molecule has 1 saturated heterocycles. The van der Waals surface area contributed by atoms with Crippen LogP contribution >= 0.6 is 0 Å². The smallest absolute Gasteiger partial charge is 0.234 e. The summed E-state index contributed by atoms with van der Waals surface area (Å²) in [7, 11) is 0. The highest BCUT2D eigenvalue weighted by atomic mass is 16.2. The van der Waals surface area contributed by atoms with E-state index in [4.69, 9.17) is 5.73 Å². The molecule has 0 aromatic heterocycles. The third kappa shape index (κ3) is 1.68. The Morgan fingerprint density at radius 2 is 2.50 bits per heavy atom. The Morgan fingerprint density at radius 1 is 1.80 bits per heavy atom. The Kier molecular flexibility index (Phi) is 2.24. The van der Waals surface area contributed by atoms with Crippen molar-refractivity contribution in [3.05, 3.63) is 0 Å². The lowest BCUT2D eigenvalue weighted by atomic mass is 10.3. The first kappa shape index (κ1) is 7.50. The van der Waals surface area contributed by atoms with Crippen molar-refractivity contribution < 1.29 is 4.79 Å². The number of piperazine rings is 1. The van der Waals surface area contributed by atoms with Crippen molar-refractivity contribution in [1.82, 2.24) is 10.2 Å². The highest BCUT2D eigenvalue weighted by molar-refractivity contribution is 5.78. The van der Waals surface area contributed by atoms with Crippen molar-refractivity contribution in [2.24, 2.45) is 5.73 Å².